The molecule has 2 aliphatic heterocycles. The van der Waals surface area contributed by atoms with Crippen molar-refractivity contribution in [3.8, 4) is 17.2 Å². The molecular formula is C35H41Cl2N3O5. The van der Waals surface area contributed by atoms with Crippen LogP contribution in [-0.4, -0.2) is 69.1 Å². The lowest BCUT2D eigenvalue weighted by molar-refractivity contribution is -0.128. The van der Waals surface area contributed by atoms with Crippen molar-refractivity contribution in [1.29, 1.82) is 0 Å². The maximum absolute atomic E-state index is 13.6. The van der Waals surface area contributed by atoms with Crippen molar-refractivity contribution >= 4 is 35.0 Å². The van der Waals surface area contributed by atoms with Crippen molar-refractivity contribution in [3.63, 3.8) is 0 Å². The molecule has 45 heavy (non-hydrogen) atoms. The zero-order valence-corrected chi connectivity index (χ0v) is 27.6. The van der Waals surface area contributed by atoms with E-state index in [0.29, 0.717) is 59.6 Å². The van der Waals surface area contributed by atoms with E-state index in [-0.39, 0.29) is 11.8 Å². The van der Waals surface area contributed by atoms with E-state index in [1.165, 1.54) is 0 Å². The third-order valence-electron chi connectivity index (χ3n) is 9.60. The highest BCUT2D eigenvalue weighted by Crippen LogP contribution is 2.44. The first-order valence-corrected chi connectivity index (χ1v) is 16.0. The Morgan fingerprint density at radius 2 is 1.56 bits per heavy atom. The Morgan fingerprint density at radius 3 is 2.13 bits per heavy atom. The van der Waals surface area contributed by atoms with Crippen LogP contribution in [0.3, 0.4) is 0 Å². The van der Waals surface area contributed by atoms with Crippen LogP contribution < -0.4 is 19.9 Å². The fourth-order valence-corrected chi connectivity index (χ4v) is 7.37. The van der Waals surface area contributed by atoms with Gasteiger partial charge in [-0.15, -0.1) is 0 Å². The minimum atomic E-state index is -0.635. The highest BCUT2D eigenvalue weighted by molar-refractivity contribution is 6.42. The first kappa shape index (κ1) is 32.9. The Balaban J connectivity index is 1.31. The number of halogens is 2. The Morgan fingerprint density at radius 1 is 0.889 bits per heavy atom. The Hall–Kier alpha value is -3.46. The number of likely N-dealkylation sites (tertiary alicyclic amines) is 2. The number of nitrogens with two attached hydrogens (primary N) is 1. The van der Waals surface area contributed by atoms with Gasteiger partial charge < -0.3 is 29.7 Å². The van der Waals surface area contributed by atoms with E-state index in [1.807, 2.05) is 65.6 Å². The lowest BCUT2D eigenvalue weighted by atomic mass is 9.72. The molecular weight excluding hydrogens is 613 g/mol. The predicted octanol–water partition coefficient (Wildman–Crippen LogP) is 5.99. The van der Waals surface area contributed by atoms with E-state index in [9.17, 15) is 9.59 Å². The number of benzene rings is 3. The van der Waals surface area contributed by atoms with Crippen LogP contribution in [0, 0.1) is 0 Å². The number of methoxy groups -OCH3 is 3. The number of primary amides is 1. The van der Waals surface area contributed by atoms with Crippen molar-refractivity contribution in [2.24, 2.45) is 5.73 Å². The van der Waals surface area contributed by atoms with E-state index in [4.69, 9.17) is 43.1 Å². The molecule has 5 rings (SSSR count). The van der Waals surface area contributed by atoms with Crippen molar-refractivity contribution in [3.05, 3.63) is 87.4 Å². The number of nitrogens with zero attached hydrogens (tertiary/aromatic N) is 2. The molecule has 0 aliphatic carbocycles. The van der Waals surface area contributed by atoms with Gasteiger partial charge in [0.25, 0.3) is 0 Å². The average molecular weight is 655 g/mol. The van der Waals surface area contributed by atoms with E-state index in [0.717, 1.165) is 49.2 Å². The van der Waals surface area contributed by atoms with Gasteiger partial charge in [-0.2, -0.15) is 0 Å². The molecule has 0 radical (unpaired) electrons. The van der Waals surface area contributed by atoms with E-state index in [1.54, 1.807) is 21.3 Å². The molecule has 8 nitrogen and oxygen atoms in total. The number of amides is 2. The normalized spacial score (nSPS) is 19.8. The zero-order chi connectivity index (χ0) is 32.2. The van der Waals surface area contributed by atoms with Gasteiger partial charge in [-0.3, -0.25) is 9.59 Å². The van der Waals surface area contributed by atoms with Crippen LogP contribution in [0.15, 0.2) is 60.7 Å². The highest BCUT2D eigenvalue weighted by atomic mass is 35.5. The van der Waals surface area contributed by atoms with Gasteiger partial charge in [0.1, 0.15) is 0 Å². The molecule has 2 saturated heterocycles. The number of hydrogen-bond donors (Lipinski definition) is 1. The Bertz CT molecular complexity index is 1500. The molecule has 0 aromatic heterocycles. The first-order valence-electron chi connectivity index (χ1n) is 15.2. The van der Waals surface area contributed by atoms with Crippen molar-refractivity contribution in [1.82, 2.24) is 9.80 Å². The smallest absolute Gasteiger partial charge is 0.228 e. The Labute approximate surface area is 275 Å². The van der Waals surface area contributed by atoms with Gasteiger partial charge >= 0.3 is 0 Å². The summed E-state index contributed by atoms with van der Waals surface area (Å²) in [5.41, 5.74) is 7.78. The largest absolute Gasteiger partial charge is 0.493 e. The molecule has 2 amide bonds. The molecule has 10 heteroatoms. The maximum Gasteiger partial charge on any atom is 0.228 e. The third kappa shape index (κ3) is 6.74. The summed E-state index contributed by atoms with van der Waals surface area (Å²) in [5, 5.41) is 0.961. The summed E-state index contributed by atoms with van der Waals surface area (Å²) in [7, 11) is 4.72. The fourth-order valence-electron chi connectivity index (χ4n) is 7.07. The van der Waals surface area contributed by atoms with Crippen molar-refractivity contribution in [2.45, 2.75) is 49.5 Å². The van der Waals surface area contributed by atoms with E-state index in [2.05, 4.69) is 4.90 Å². The number of carbonyl (C=O) groups excluding carboxylic acids is 2. The molecule has 3 aromatic rings. The summed E-state index contributed by atoms with van der Waals surface area (Å²) in [6.07, 6.45) is 3.41. The van der Waals surface area contributed by atoms with E-state index >= 15 is 0 Å². The molecule has 2 aliphatic rings. The molecule has 2 heterocycles. The quantitative estimate of drug-likeness (QED) is 0.258. The van der Waals surface area contributed by atoms with Gasteiger partial charge in [0.15, 0.2) is 11.5 Å². The summed E-state index contributed by atoms with van der Waals surface area (Å²) < 4.78 is 16.6. The van der Waals surface area contributed by atoms with Crippen LogP contribution in [0.25, 0.3) is 0 Å². The van der Waals surface area contributed by atoms with Gasteiger partial charge in [-0.1, -0.05) is 59.6 Å². The van der Waals surface area contributed by atoms with Gasteiger partial charge in [0.05, 0.1) is 36.8 Å². The van der Waals surface area contributed by atoms with Crippen LogP contribution in [0.2, 0.25) is 10.0 Å². The summed E-state index contributed by atoms with van der Waals surface area (Å²) in [4.78, 5) is 30.6. The third-order valence-corrected chi connectivity index (χ3v) is 10.3. The molecule has 2 N–H and O–H groups in total. The lowest BCUT2D eigenvalue weighted by Gasteiger charge is -2.40. The van der Waals surface area contributed by atoms with Crippen LogP contribution in [0.4, 0.5) is 0 Å². The molecule has 1 atom stereocenters. The van der Waals surface area contributed by atoms with Crippen LogP contribution in [0.5, 0.6) is 17.2 Å². The fraction of sp³-hybridized carbons (Fsp3) is 0.429. The summed E-state index contributed by atoms with van der Waals surface area (Å²) in [6.45, 7) is 3.36. The standard InChI is InChI=1S/C35H41Cl2N3O5/c1-43-29-18-24(19-30(44-2)32(29)45-3)22-40-23-34(21-31(40)41,26-10-11-27(36)28(37)20-26)12-7-15-39-16-13-35(14-17-39,33(38)42)25-8-5-4-6-9-25/h4-6,8-11,18-20H,7,12-17,21-23H2,1-3H3,(H2,38,42). The molecule has 240 valence electrons. The van der Waals surface area contributed by atoms with Gasteiger partial charge in [-0.25, -0.2) is 0 Å². The summed E-state index contributed by atoms with van der Waals surface area (Å²) >= 11 is 12.8. The second-order valence-corrected chi connectivity index (χ2v) is 12.9. The Kier molecular flexibility index (Phi) is 10.2. The SMILES string of the molecule is COc1cc(CN2CC(CCCN3CCC(C(N)=O)(c4ccccc4)CC3)(c3ccc(Cl)c(Cl)c3)CC2=O)cc(OC)c1OC. The summed E-state index contributed by atoms with van der Waals surface area (Å²) in [6, 6.07) is 19.4. The zero-order valence-electron chi connectivity index (χ0n) is 26.1. The maximum atomic E-state index is 13.6. The monoisotopic (exact) mass is 653 g/mol. The number of hydrogen-bond acceptors (Lipinski definition) is 6. The minimum absolute atomic E-state index is 0.0712. The van der Waals surface area contributed by atoms with E-state index < -0.39 is 10.8 Å². The van der Waals surface area contributed by atoms with Gasteiger partial charge in [-0.05, 0) is 86.3 Å². The lowest BCUT2D eigenvalue weighted by Crippen LogP contribution is -2.50. The molecule has 1 unspecified atom stereocenters. The molecule has 0 spiro atoms. The van der Waals surface area contributed by atoms with Crippen molar-refractivity contribution < 1.29 is 23.8 Å². The van der Waals surface area contributed by atoms with Gasteiger partial charge in [0, 0.05) is 24.9 Å². The van der Waals surface area contributed by atoms with Gasteiger partial charge in [0.2, 0.25) is 17.6 Å². The second-order valence-electron chi connectivity index (χ2n) is 12.1. The number of piperidine rings is 1. The molecule has 0 saturated carbocycles. The number of carbonyl (C=O) groups is 2. The number of ether oxygens (including phenoxy) is 3. The molecule has 2 fully saturated rings. The number of rotatable bonds is 12. The second kappa shape index (κ2) is 13.9. The highest BCUT2D eigenvalue weighted by Gasteiger charge is 2.45. The van der Waals surface area contributed by atoms with Crippen molar-refractivity contribution in [2.75, 3.05) is 47.5 Å². The molecule has 0 bridgehead atoms. The molecule has 3 aromatic carbocycles. The predicted molar refractivity (Wildman–Crippen MR) is 176 cm³/mol. The first-order chi connectivity index (χ1) is 21.6. The van der Waals surface area contributed by atoms with Crippen LogP contribution in [-0.2, 0) is 27.0 Å². The van der Waals surface area contributed by atoms with Crippen LogP contribution in [0.1, 0.15) is 48.8 Å². The topological polar surface area (TPSA) is 94.3 Å². The minimum Gasteiger partial charge on any atom is -0.493 e. The summed E-state index contributed by atoms with van der Waals surface area (Å²) in [5.74, 6) is 1.41. The van der Waals surface area contributed by atoms with Crippen LogP contribution >= 0.6 is 23.2 Å². The average Bonchev–Trinajstić information content (AvgIpc) is 3.37.